The lowest BCUT2D eigenvalue weighted by Gasteiger charge is -2.02. The highest BCUT2D eigenvalue weighted by atomic mass is 16.5. The average molecular weight is 388 g/mol. The zero-order chi connectivity index (χ0) is 20.1. The number of esters is 1. The number of hydrogen-bond acceptors (Lipinski definition) is 5. The van der Waals surface area contributed by atoms with E-state index in [4.69, 9.17) is 9.15 Å². The van der Waals surface area contributed by atoms with Crippen molar-refractivity contribution in [2.24, 2.45) is 0 Å². The van der Waals surface area contributed by atoms with Crippen molar-refractivity contribution in [3.05, 3.63) is 84.5 Å². The van der Waals surface area contributed by atoms with Crippen LogP contribution in [-0.4, -0.2) is 32.1 Å². The van der Waals surface area contributed by atoms with Gasteiger partial charge in [-0.05, 0) is 43.3 Å². The van der Waals surface area contributed by atoms with Crippen molar-refractivity contribution in [2.75, 3.05) is 6.61 Å². The number of carbonyl (C=O) groups is 1. The van der Waals surface area contributed by atoms with Crippen molar-refractivity contribution in [2.45, 2.75) is 13.5 Å². The minimum atomic E-state index is -0.425. The van der Waals surface area contributed by atoms with Crippen LogP contribution in [0.4, 0.5) is 0 Å². The van der Waals surface area contributed by atoms with E-state index in [1.807, 2.05) is 67.8 Å². The van der Waals surface area contributed by atoms with Gasteiger partial charge in [-0.1, -0.05) is 18.2 Å². The van der Waals surface area contributed by atoms with Gasteiger partial charge in [0.2, 0.25) is 0 Å². The smallest absolute Gasteiger partial charge is 0.330 e. The number of aryl methyl sites for hydroxylation is 1. The number of benzene rings is 1. The van der Waals surface area contributed by atoms with E-state index in [9.17, 15) is 4.79 Å². The fourth-order valence-corrected chi connectivity index (χ4v) is 2.85. The Bertz CT molecular complexity index is 1110. The lowest BCUT2D eigenvalue weighted by Crippen LogP contribution is -2.09. The highest BCUT2D eigenvalue weighted by Crippen LogP contribution is 2.26. The van der Waals surface area contributed by atoms with E-state index in [1.54, 1.807) is 21.6 Å². The maximum absolute atomic E-state index is 12.1. The monoisotopic (exact) mass is 388 g/mol. The summed E-state index contributed by atoms with van der Waals surface area (Å²) in [5, 5.41) is 8.72. The zero-order valence-electron chi connectivity index (χ0n) is 15.9. The van der Waals surface area contributed by atoms with Gasteiger partial charge in [-0.3, -0.25) is 4.68 Å². The van der Waals surface area contributed by atoms with Crippen LogP contribution >= 0.6 is 0 Å². The van der Waals surface area contributed by atoms with Crippen molar-refractivity contribution >= 4 is 12.0 Å². The number of rotatable bonds is 7. The van der Waals surface area contributed by atoms with Gasteiger partial charge < -0.3 is 9.15 Å². The maximum Gasteiger partial charge on any atom is 0.330 e. The third-order valence-corrected chi connectivity index (χ3v) is 4.26. The first kappa shape index (κ1) is 18.5. The predicted molar refractivity (Wildman–Crippen MR) is 108 cm³/mol. The number of aromatic nitrogens is 4. The molecule has 0 saturated carbocycles. The van der Waals surface area contributed by atoms with Gasteiger partial charge in [0.15, 0.2) is 5.76 Å². The van der Waals surface area contributed by atoms with Crippen LogP contribution in [0.2, 0.25) is 0 Å². The standard InChI is InChI=1S/C22H20N4O3/c1-17-8-10-20(29-17)22-18(16-26(24-22)19-6-3-2-4-7-19)9-11-21(27)28-15-14-25-13-5-12-23-25/h2-13,16H,14-15H2,1H3/b11-9+. The molecule has 0 amide bonds. The normalized spacial score (nSPS) is 11.2. The Morgan fingerprint density at radius 2 is 2.03 bits per heavy atom. The summed E-state index contributed by atoms with van der Waals surface area (Å²) in [7, 11) is 0. The molecule has 0 atom stereocenters. The van der Waals surface area contributed by atoms with Crippen molar-refractivity contribution in [1.82, 2.24) is 19.6 Å². The Labute approximate surface area is 167 Å². The van der Waals surface area contributed by atoms with Crippen LogP contribution < -0.4 is 0 Å². The van der Waals surface area contributed by atoms with Crippen LogP contribution in [0.25, 0.3) is 23.2 Å². The summed E-state index contributed by atoms with van der Waals surface area (Å²) in [4.78, 5) is 12.1. The molecule has 0 aliphatic carbocycles. The number of hydrogen-bond donors (Lipinski definition) is 0. The van der Waals surface area contributed by atoms with Gasteiger partial charge in [-0.15, -0.1) is 0 Å². The van der Waals surface area contributed by atoms with E-state index in [1.165, 1.54) is 6.08 Å². The Morgan fingerprint density at radius 1 is 1.17 bits per heavy atom. The van der Waals surface area contributed by atoms with Gasteiger partial charge in [0.25, 0.3) is 0 Å². The van der Waals surface area contributed by atoms with Crippen molar-refractivity contribution in [1.29, 1.82) is 0 Å². The molecule has 0 saturated heterocycles. The Kier molecular flexibility index (Phi) is 5.38. The summed E-state index contributed by atoms with van der Waals surface area (Å²) in [6, 6.07) is 15.3. The Balaban J connectivity index is 1.52. The van der Waals surface area contributed by atoms with Crippen LogP contribution in [0.3, 0.4) is 0 Å². The van der Waals surface area contributed by atoms with Gasteiger partial charge in [0, 0.05) is 30.2 Å². The number of nitrogens with zero attached hydrogens (tertiary/aromatic N) is 4. The van der Waals surface area contributed by atoms with Crippen molar-refractivity contribution in [3.63, 3.8) is 0 Å². The van der Waals surface area contributed by atoms with Crippen LogP contribution in [0, 0.1) is 6.92 Å². The summed E-state index contributed by atoms with van der Waals surface area (Å²) < 4.78 is 14.4. The summed E-state index contributed by atoms with van der Waals surface area (Å²) in [6.07, 6.45) is 8.45. The zero-order valence-corrected chi connectivity index (χ0v) is 15.9. The molecule has 4 aromatic rings. The van der Waals surface area contributed by atoms with E-state index in [0.717, 1.165) is 17.0 Å². The summed E-state index contributed by atoms with van der Waals surface area (Å²) >= 11 is 0. The van der Waals surface area contributed by atoms with E-state index < -0.39 is 5.97 Å². The summed E-state index contributed by atoms with van der Waals surface area (Å²) in [5.74, 6) is 1.01. The molecule has 7 nitrogen and oxygen atoms in total. The van der Waals surface area contributed by atoms with E-state index in [2.05, 4.69) is 10.2 Å². The second-order valence-electron chi connectivity index (χ2n) is 6.39. The molecule has 1 aromatic carbocycles. The van der Waals surface area contributed by atoms with Crippen molar-refractivity contribution < 1.29 is 13.9 Å². The molecule has 146 valence electrons. The molecule has 3 heterocycles. The van der Waals surface area contributed by atoms with Crippen LogP contribution in [-0.2, 0) is 16.1 Å². The van der Waals surface area contributed by atoms with E-state index >= 15 is 0 Å². The van der Waals surface area contributed by atoms with E-state index in [-0.39, 0.29) is 6.61 Å². The molecule has 3 aromatic heterocycles. The molecule has 0 bridgehead atoms. The minimum Gasteiger partial charge on any atom is -0.461 e. The van der Waals surface area contributed by atoms with Gasteiger partial charge in [-0.2, -0.15) is 10.2 Å². The topological polar surface area (TPSA) is 75.1 Å². The van der Waals surface area contributed by atoms with E-state index in [0.29, 0.717) is 18.0 Å². The van der Waals surface area contributed by atoms with Gasteiger partial charge in [0.05, 0.1) is 12.2 Å². The molecule has 0 fully saturated rings. The molecular weight excluding hydrogens is 368 g/mol. The SMILES string of the molecule is Cc1ccc(-c2nn(-c3ccccc3)cc2/C=C/C(=O)OCCn2cccn2)o1. The first-order chi connectivity index (χ1) is 14.2. The predicted octanol–water partition coefficient (Wildman–Crippen LogP) is 3.89. The third kappa shape index (κ3) is 4.52. The molecule has 29 heavy (non-hydrogen) atoms. The van der Waals surface area contributed by atoms with Gasteiger partial charge in [0.1, 0.15) is 18.1 Å². The van der Waals surface area contributed by atoms with Gasteiger partial charge >= 0.3 is 5.97 Å². The van der Waals surface area contributed by atoms with Crippen LogP contribution in [0.5, 0.6) is 0 Å². The van der Waals surface area contributed by atoms with Crippen LogP contribution in [0.15, 0.2) is 77.6 Å². The molecule has 0 spiro atoms. The minimum absolute atomic E-state index is 0.248. The third-order valence-electron chi connectivity index (χ3n) is 4.26. The molecule has 4 rings (SSSR count). The highest BCUT2D eigenvalue weighted by Gasteiger charge is 2.14. The maximum atomic E-state index is 12.1. The molecular formula is C22H20N4O3. The Hall–Kier alpha value is -3.87. The highest BCUT2D eigenvalue weighted by molar-refractivity contribution is 5.88. The van der Waals surface area contributed by atoms with Gasteiger partial charge in [-0.25, -0.2) is 9.48 Å². The largest absolute Gasteiger partial charge is 0.461 e. The van der Waals surface area contributed by atoms with Crippen LogP contribution in [0.1, 0.15) is 11.3 Å². The molecule has 0 unspecified atom stereocenters. The summed E-state index contributed by atoms with van der Waals surface area (Å²) in [5.41, 5.74) is 2.33. The number of carbonyl (C=O) groups excluding carboxylic acids is 1. The second-order valence-corrected chi connectivity index (χ2v) is 6.39. The Morgan fingerprint density at radius 3 is 2.76 bits per heavy atom. The number of furan rings is 1. The molecule has 0 radical (unpaired) electrons. The second kappa shape index (κ2) is 8.43. The molecule has 0 aliphatic rings. The first-order valence-electron chi connectivity index (χ1n) is 9.23. The quantitative estimate of drug-likeness (QED) is 0.355. The van der Waals surface area contributed by atoms with Crippen molar-refractivity contribution in [3.8, 4) is 17.1 Å². The summed E-state index contributed by atoms with van der Waals surface area (Å²) in [6.45, 7) is 2.64. The molecule has 0 N–H and O–H groups in total. The lowest BCUT2D eigenvalue weighted by atomic mass is 10.2. The molecule has 7 heteroatoms. The fraction of sp³-hybridized carbons (Fsp3) is 0.136. The number of ether oxygens (including phenoxy) is 1. The average Bonchev–Trinajstić information content (AvgIpc) is 3.48. The first-order valence-corrected chi connectivity index (χ1v) is 9.23. The fourth-order valence-electron chi connectivity index (χ4n) is 2.85. The lowest BCUT2D eigenvalue weighted by molar-refractivity contribution is -0.138. The number of para-hydroxylation sites is 1. The molecule has 0 aliphatic heterocycles.